The van der Waals surface area contributed by atoms with Gasteiger partial charge in [0, 0.05) is 4.32 Å². The first-order chi connectivity index (χ1) is 12.8. The van der Waals surface area contributed by atoms with Crippen molar-refractivity contribution in [3.8, 4) is 6.07 Å². The molecule has 144 valence electrons. The molecule has 1 N–H and O–H groups in total. The highest BCUT2D eigenvalue weighted by Crippen LogP contribution is 2.65. The number of carbonyl (C=O) groups excluding carboxylic acids is 2. The van der Waals surface area contributed by atoms with Gasteiger partial charge in [-0.15, -0.1) is 11.3 Å². The van der Waals surface area contributed by atoms with Crippen LogP contribution in [0.4, 0.5) is 5.00 Å². The number of thiophene rings is 1. The van der Waals surface area contributed by atoms with E-state index in [2.05, 4.69) is 21.2 Å². The van der Waals surface area contributed by atoms with Gasteiger partial charge < -0.3 is 10.1 Å². The molecule has 0 radical (unpaired) electrons. The Bertz CT molecular complexity index is 800. The SMILES string of the molecule is CC(OC(=O)CC12CC3CC(CC(Br)(C3)C1)C2)C(=O)Nc1sccc1C#N. The number of esters is 1. The van der Waals surface area contributed by atoms with E-state index in [1.807, 2.05) is 6.07 Å². The van der Waals surface area contributed by atoms with E-state index in [0.29, 0.717) is 28.8 Å². The van der Waals surface area contributed by atoms with Crippen LogP contribution in [0, 0.1) is 28.6 Å². The van der Waals surface area contributed by atoms with E-state index >= 15 is 0 Å². The summed E-state index contributed by atoms with van der Waals surface area (Å²) in [6.45, 7) is 1.58. The lowest BCUT2D eigenvalue weighted by Crippen LogP contribution is -2.53. The predicted octanol–water partition coefficient (Wildman–Crippen LogP) is 4.61. The largest absolute Gasteiger partial charge is 0.453 e. The summed E-state index contributed by atoms with van der Waals surface area (Å²) < 4.78 is 5.66. The summed E-state index contributed by atoms with van der Waals surface area (Å²) in [4.78, 5) is 24.9. The van der Waals surface area contributed by atoms with Gasteiger partial charge in [-0.05, 0) is 74.1 Å². The first kappa shape index (κ1) is 18.9. The van der Waals surface area contributed by atoms with Crippen molar-refractivity contribution < 1.29 is 14.3 Å². The predicted molar refractivity (Wildman–Crippen MR) is 107 cm³/mol. The minimum Gasteiger partial charge on any atom is -0.453 e. The molecule has 4 aliphatic carbocycles. The molecule has 5 rings (SSSR count). The van der Waals surface area contributed by atoms with Crippen LogP contribution in [-0.2, 0) is 14.3 Å². The minimum absolute atomic E-state index is 0.0304. The highest BCUT2D eigenvalue weighted by atomic mass is 79.9. The van der Waals surface area contributed by atoms with E-state index in [1.165, 1.54) is 30.6 Å². The highest BCUT2D eigenvalue weighted by Gasteiger charge is 2.57. The van der Waals surface area contributed by atoms with Crippen molar-refractivity contribution in [1.82, 2.24) is 0 Å². The summed E-state index contributed by atoms with van der Waals surface area (Å²) in [5.74, 6) is 0.733. The standard InChI is InChI=1S/C20H23BrN2O3S/c1-12(17(25)23-18-15(10-22)2-3-27-18)26-16(24)9-19-5-13-4-14(6-19)8-20(21,7-13)11-19/h2-3,12-14H,4-9,11H2,1H3,(H,23,25). The van der Waals surface area contributed by atoms with Gasteiger partial charge in [-0.3, -0.25) is 9.59 Å². The normalized spacial score (nSPS) is 34.7. The minimum atomic E-state index is -0.877. The number of anilines is 1. The van der Waals surface area contributed by atoms with Gasteiger partial charge >= 0.3 is 5.97 Å². The molecular formula is C20H23BrN2O3S. The Morgan fingerprint density at radius 3 is 2.74 bits per heavy atom. The molecule has 7 heteroatoms. The number of halogens is 1. The Morgan fingerprint density at radius 1 is 1.41 bits per heavy atom. The summed E-state index contributed by atoms with van der Waals surface area (Å²) in [5, 5.41) is 14.0. The van der Waals surface area contributed by atoms with E-state index in [4.69, 9.17) is 10.00 Å². The van der Waals surface area contributed by atoms with E-state index in [1.54, 1.807) is 18.4 Å². The molecule has 4 aliphatic rings. The summed E-state index contributed by atoms with van der Waals surface area (Å²) in [6, 6.07) is 3.69. The third-order valence-electron chi connectivity index (χ3n) is 6.33. The quantitative estimate of drug-likeness (QED) is 0.524. The Balaban J connectivity index is 1.35. The van der Waals surface area contributed by atoms with Crippen LogP contribution in [0.3, 0.4) is 0 Å². The van der Waals surface area contributed by atoms with Crippen LogP contribution in [0.1, 0.15) is 57.4 Å². The summed E-state index contributed by atoms with van der Waals surface area (Å²) in [7, 11) is 0. The zero-order valence-electron chi connectivity index (χ0n) is 15.3. The maximum atomic E-state index is 12.6. The van der Waals surface area contributed by atoms with Gasteiger partial charge in [0.05, 0.1) is 12.0 Å². The lowest BCUT2D eigenvalue weighted by molar-refractivity contribution is -0.159. The number of amides is 1. The molecule has 1 amide bonds. The average molecular weight is 451 g/mol. The Hall–Kier alpha value is -1.39. The molecule has 0 spiro atoms. The fourth-order valence-electron chi connectivity index (χ4n) is 5.85. The number of hydrogen-bond acceptors (Lipinski definition) is 5. The fourth-order valence-corrected chi connectivity index (χ4v) is 8.10. The van der Waals surface area contributed by atoms with Gasteiger partial charge in [0.1, 0.15) is 11.1 Å². The lowest BCUT2D eigenvalue weighted by atomic mass is 9.49. The van der Waals surface area contributed by atoms with Crippen molar-refractivity contribution in [2.75, 3.05) is 5.32 Å². The monoisotopic (exact) mass is 450 g/mol. The first-order valence-corrected chi connectivity index (χ1v) is 11.1. The van der Waals surface area contributed by atoms with Crippen molar-refractivity contribution in [3.05, 3.63) is 17.0 Å². The van der Waals surface area contributed by atoms with Gasteiger partial charge in [0.25, 0.3) is 5.91 Å². The number of carbonyl (C=O) groups is 2. The van der Waals surface area contributed by atoms with Crippen molar-refractivity contribution in [2.45, 2.75) is 62.3 Å². The molecule has 1 aromatic rings. The van der Waals surface area contributed by atoms with Crippen LogP contribution in [0.2, 0.25) is 0 Å². The third-order valence-corrected chi connectivity index (χ3v) is 8.09. The molecule has 4 bridgehead atoms. The smallest absolute Gasteiger partial charge is 0.307 e. The molecule has 4 saturated carbocycles. The van der Waals surface area contributed by atoms with Crippen LogP contribution in [0.15, 0.2) is 11.4 Å². The zero-order valence-corrected chi connectivity index (χ0v) is 17.7. The number of alkyl halides is 1. The van der Waals surface area contributed by atoms with Crippen molar-refractivity contribution in [3.63, 3.8) is 0 Å². The molecular weight excluding hydrogens is 428 g/mol. The van der Waals surface area contributed by atoms with E-state index in [-0.39, 0.29) is 15.7 Å². The maximum Gasteiger partial charge on any atom is 0.307 e. The van der Waals surface area contributed by atoms with Gasteiger partial charge in [-0.25, -0.2) is 0 Å². The van der Waals surface area contributed by atoms with E-state index in [9.17, 15) is 9.59 Å². The molecule has 1 aromatic heterocycles. The molecule has 5 nitrogen and oxygen atoms in total. The topological polar surface area (TPSA) is 79.2 Å². The second-order valence-corrected chi connectivity index (χ2v) is 11.3. The van der Waals surface area contributed by atoms with Gasteiger partial charge in [0.2, 0.25) is 0 Å². The second kappa shape index (κ2) is 6.89. The van der Waals surface area contributed by atoms with Gasteiger partial charge in [0.15, 0.2) is 6.10 Å². The molecule has 4 fully saturated rings. The van der Waals surface area contributed by atoms with Crippen LogP contribution >= 0.6 is 27.3 Å². The summed E-state index contributed by atoms with van der Waals surface area (Å²) >= 11 is 5.24. The average Bonchev–Trinajstić information content (AvgIpc) is 2.98. The van der Waals surface area contributed by atoms with Crippen LogP contribution < -0.4 is 5.32 Å². The van der Waals surface area contributed by atoms with Crippen LogP contribution in [-0.4, -0.2) is 22.3 Å². The highest BCUT2D eigenvalue weighted by molar-refractivity contribution is 9.10. The number of nitriles is 1. The van der Waals surface area contributed by atoms with Crippen LogP contribution in [0.5, 0.6) is 0 Å². The van der Waals surface area contributed by atoms with Crippen LogP contribution in [0.25, 0.3) is 0 Å². The number of nitrogens with one attached hydrogen (secondary N) is 1. The molecule has 27 heavy (non-hydrogen) atoms. The molecule has 0 saturated heterocycles. The Morgan fingerprint density at radius 2 is 2.11 bits per heavy atom. The summed E-state index contributed by atoms with van der Waals surface area (Å²) in [5.41, 5.74) is 0.450. The molecule has 0 aliphatic heterocycles. The lowest BCUT2D eigenvalue weighted by Gasteiger charge is -2.60. The first-order valence-electron chi connectivity index (χ1n) is 9.47. The Kier molecular flexibility index (Phi) is 4.84. The zero-order chi connectivity index (χ0) is 19.2. The molecule has 3 unspecified atom stereocenters. The number of nitrogens with zero attached hydrogens (tertiary/aromatic N) is 1. The third kappa shape index (κ3) is 3.79. The van der Waals surface area contributed by atoms with E-state index < -0.39 is 12.0 Å². The maximum absolute atomic E-state index is 12.6. The van der Waals surface area contributed by atoms with Crippen molar-refractivity contribution >= 4 is 44.1 Å². The molecule has 3 atom stereocenters. The van der Waals surface area contributed by atoms with Gasteiger partial charge in [-0.1, -0.05) is 15.9 Å². The number of rotatable bonds is 5. The summed E-state index contributed by atoms with van der Waals surface area (Å²) in [6.07, 6.45) is 6.50. The van der Waals surface area contributed by atoms with Crippen molar-refractivity contribution in [2.24, 2.45) is 17.3 Å². The Labute approximate surface area is 171 Å². The number of hydrogen-bond donors (Lipinski definition) is 1. The molecule has 1 heterocycles. The fraction of sp³-hybridized carbons (Fsp3) is 0.650. The van der Waals surface area contributed by atoms with Gasteiger partial charge in [-0.2, -0.15) is 5.26 Å². The number of ether oxygens (including phenoxy) is 1. The van der Waals surface area contributed by atoms with E-state index in [0.717, 1.165) is 19.3 Å². The molecule has 0 aromatic carbocycles. The second-order valence-electron chi connectivity index (χ2n) is 8.69. The van der Waals surface area contributed by atoms with Crippen molar-refractivity contribution in [1.29, 1.82) is 5.26 Å².